The van der Waals surface area contributed by atoms with Crippen LogP contribution in [-0.2, 0) is 16.0 Å². The molecule has 1 heterocycles. The van der Waals surface area contributed by atoms with Crippen molar-refractivity contribution in [2.24, 2.45) is 0 Å². The van der Waals surface area contributed by atoms with E-state index in [1.54, 1.807) is 29.5 Å². The smallest absolute Gasteiger partial charge is 0.466 e. The highest BCUT2D eigenvalue weighted by Crippen LogP contribution is 2.32. The fourth-order valence-electron chi connectivity index (χ4n) is 1.39. The number of aryl methyl sites for hydroxylation is 1. The van der Waals surface area contributed by atoms with Crippen LogP contribution >= 0.6 is 22.6 Å². The van der Waals surface area contributed by atoms with Gasteiger partial charge in [0.15, 0.2) is 0 Å². The van der Waals surface area contributed by atoms with Crippen LogP contribution in [0.3, 0.4) is 0 Å². The SMILES string of the molecule is CCOC(=O)Cc1c(I)ncc(C)c1OC(F)(F)F. The van der Waals surface area contributed by atoms with Gasteiger partial charge in [0.2, 0.25) is 0 Å². The van der Waals surface area contributed by atoms with Crippen LogP contribution < -0.4 is 4.74 Å². The van der Waals surface area contributed by atoms with Crippen molar-refractivity contribution in [2.75, 3.05) is 6.61 Å². The predicted octanol–water partition coefficient (Wildman–Crippen LogP) is 3.00. The summed E-state index contributed by atoms with van der Waals surface area (Å²) in [4.78, 5) is 15.3. The molecule has 0 unspecified atom stereocenters. The van der Waals surface area contributed by atoms with E-state index in [-0.39, 0.29) is 33.6 Å². The second-order valence-corrected chi connectivity index (χ2v) is 4.59. The molecule has 0 radical (unpaired) electrons. The molecule has 0 saturated carbocycles. The number of hydrogen-bond donors (Lipinski definition) is 0. The number of esters is 1. The number of aromatic nitrogens is 1. The van der Waals surface area contributed by atoms with E-state index in [0.29, 0.717) is 0 Å². The van der Waals surface area contributed by atoms with Gasteiger partial charge < -0.3 is 9.47 Å². The number of nitrogens with zero attached hydrogens (tertiary/aromatic N) is 1. The van der Waals surface area contributed by atoms with Crippen LogP contribution in [0.25, 0.3) is 0 Å². The van der Waals surface area contributed by atoms with Gasteiger partial charge in [0.25, 0.3) is 0 Å². The summed E-state index contributed by atoms with van der Waals surface area (Å²) in [6.45, 7) is 3.20. The molecular formula is C11H11F3INO3. The Hall–Kier alpha value is -1.06. The Labute approximate surface area is 121 Å². The largest absolute Gasteiger partial charge is 0.573 e. The fourth-order valence-corrected chi connectivity index (χ4v) is 1.96. The zero-order valence-corrected chi connectivity index (χ0v) is 12.3. The van der Waals surface area contributed by atoms with E-state index in [1.165, 1.54) is 13.1 Å². The predicted molar refractivity (Wildman–Crippen MR) is 68.7 cm³/mol. The quantitative estimate of drug-likeness (QED) is 0.452. The van der Waals surface area contributed by atoms with Crippen LogP contribution in [0.1, 0.15) is 18.1 Å². The van der Waals surface area contributed by atoms with Gasteiger partial charge in [0.05, 0.1) is 13.0 Å². The van der Waals surface area contributed by atoms with E-state index in [2.05, 4.69) is 9.72 Å². The van der Waals surface area contributed by atoms with Crippen molar-refractivity contribution >= 4 is 28.6 Å². The molecule has 0 aliphatic rings. The van der Waals surface area contributed by atoms with Gasteiger partial charge in [-0.3, -0.25) is 4.79 Å². The molecule has 0 amide bonds. The lowest BCUT2D eigenvalue weighted by molar-refractivity contribution is -0.275. The summed E-state index contributed by atoms with van der Waals surface area (Å²) in [6.07, 6.45) is -3.87. The topological polar surface area (TPSA) is 48.4 Å². The summed E-state index contributed by atoms with van der Waals surface area (Å²) in [6, 6.07) is 0. The zero-order chi connectivity index (χ0) is 14.6. The molecule has 0 N–H and O–H groups in total. The number of alkyl halides is 3. The monoisotopic (exact) mass is 389 g/mol. The van der Waals surface area contributed by atoms with E-state index in [0.717, 1.165) is 0 Å². The maximum Gasteiger partial charge on any atom is 0.573 e. The molecule has 0 bridgehead atoms. The number of halogens is 4. The molecule has 8 heteroatoms. The molecule has 106 valence electrons. The van der Waals surface area contributed by atoms with Crippen molar-refractivity contribution in [2.45, 2.75) is 26.6 Å². The van der Waals surface area contributed by atoms with Crippen molar-refractivity contribution in [3.05, 3.63) is 21.0 Å². The van der Waals surface area contributed by atoms with Gasteiger partial charge in [-0.25, -0.2) is 4.98 Å². The molecule has 0 saturated heterocycles. The summed E-state index contributed by atoms with van der Waals surface area (Å²) >= 11 is 1.75. The van der Waals surface area contributed by atoms with Crippen LogP contribution in [0.5, 0.6) is 5.75 Å². The molecule has 4 nitrogen and oxygen atoms in total. The third-order valence-corrected chi connectivity index (χ3v) is 3.03. The molecule has 0 aliphatic carbocycles. The third-order valence-electron chi connectivity index (χ3n) is 2.10. The van der Waals surface area contributed by atoms with Crippen molar-refractivity contribution in [1.29, 1.82) is 0 Å². The van der Waals surface area contributed by atoms with Gasteiger partial charge in [-0.15, -0.1) is 13.2 Å². The number of pyridine rings is 1. The zero-order valence-electron chi connectivity index (χ0n) is 10.2. The summed E-state index contributed by atoms with van der Waals surface area (Å²) in [7, 11) is 0. The number of carbonyl (C=O) groups excluding carboxylic acids is 1. The van der Waals surface area contributed by atoms with Crippen molar-refractivity contribution < 1.29 is 27.4 Å². The van der Waals surface area contributed by atoms with Gasteiger partial charge in [-0.1, -0.05) is 0 Å². The number of ether oxygens (including phenoxy) is 2. The van der Waals surface area contributed by atoms with E-state index in [1.807, 2.05) is 0 Å². The van der Waals surface area contributed by atoms with Gasteiger partial charge in [-0.05, 0) is 36.4 Å². The second kappa shape index (κ2) is 6.40. The van der Waals surface area contributed by atoms with E-state index >= 15 is 0 Å². The lowest BCUT2D eigenvalue weighted by Crippen LogP contribution is -2.20. The minimum Gasteiger partial charge on any atom is -0.466 e. The summed E-state index contributed by atoms with van der Waals surface area (Å²) in [5.74, 6) is -1.01. The highest BCUT2D eigenvalue weighted by molar-refractivity contribution is 14.1. The molecule has 0 fully saturated rings. The summed E-state index contributed by atoms with van der Waals surface area (Å²) < 4.78 is 46.0. The molecule has 19 heavy (non-hydrogen) atoms. The Kier molecular flexibility index (Phi) is 5.39. The number of carbonyl (C=O) groups is 1. The maximum atomic E-state index is 12.4. The van der Waals surface area contributed by atoms with Crippen LogP contribution in [0.15, 0.2) is 6.20 Å². The Balaban J connectivity index is 3.13. The average Bonchev–Trinajstić information content (AvgIpc) is 2.27. The van der Waals surface area contributed by atoms with Gasteiger partial charge in [-0.2, -0.15) is 0 Å². The van der Waals surface area contributed by atoms with Crippen molar-refractivity contribution in [3.63, 3.8) is 0 Å². The van der Waals surface area contributed by atoms with Crippen LogP contribution in [0, 0.1) is 10.6 Å². The first kappa shape index (κ1) is 16.0. The second-order valence-electron chi connectivity index (χ2n) is 3.57. The van der Waals surface area contributed by atoms with Crippen LogP contribution in [0.4, 0.5) is 13.2 Å². The highest BCUT2D eigenvalue weighted by Gasteiger charge is 2.33. The molecule has 1 rings (SSSR count). The van der Waals surface area contributed by atoms with Crippen LogP contribution in [0.2, 0.25) is 0 Å². The standard InChI is InChI=1S/C11H11F3INO3/c1-3-18-8(17)4-7-9(19-11(12,13)14)6(2)5-16-10(7)15/h5H,3-4H2,1-2H3. The van der Waals surface area contributed by atoms with Gasteiger partial charge in [0.1, 0.15) is 9.45 Å². The molecule has 1 aromatic heterocycles. The van der Waals surface area contributed by atoms with Gasteiger partial charge in [0, 0.05) is 17.3 Å². The first-order valence-electron chi connectivity index (χ1n) is 5.30. The Morgan fingerprint density at radius 1 is 1.47 bits per heavy atom. The molecule has 0 aliphatic heterocycles. The molecule has 0 atom stereocenters. The maximum absolute atomic E-state index is 12.4. The van der Waals surface area contributed by atoms with E-state index < -0.39 is 12.3 Å². The fraction of sp³-hybridized carbons (Fsp3) is 0.455. The van der Waals surface area contributed by atoms with Crippen molar-refractivity contribution in [1.82, 2.24) is 4.98 Å². The lowest BCUT2D eigenvalue weighted by Gasteiger charge is -2.16. The first-order valence-corrected chi connectivity index (χ1v) is 6.37. The summed E-state index contributed by atoms with van der Waals surface area (Å²) in [5.41, 5.74) is 0.286. The Morgan fingerprint density at radius 3 is 2.63 bits per heavy atom. The Morgan fingerprint density at radius 2 is 2.11 bits per heavy atom. The number of rotatable bonds is 4. The Bertz CT molecular complexity index is 477. The normalized spacial score (nSPS) is 11.3. The average molecular weight is 389 g/mol. The van der Waals surface area contributed by atoms with Crippen molar-refractivity contribution in [3.8, 4) is 5.75 Å². The first-order chi connectivity index (χ1) is 8.74. The lowest BCUT2D eigenvalue weighted by atomic mass is 10.1. The van der Waals surface area contributed by atoms with E-state index in [9.17, 15) is 18.0 Å². The molecule has 0 aromatic carbocycles. The molecular weight excluding hydrogens is 378 g/mol. The minimum absolute atomic E-state index is 0.0800. The summed E-state index contributed by atoms with van der Waals surface area (Å²) in [5, 5.41) is 0. The van der Waals surface area contributed by atoms with E-state index in [4.69, 9.17) is 4.74 Å². The minimum atomic E-state index is -4.82. The number of hydrogen-bond acceptors (Lipinski definition) is 4. The van der Waals surface area contributed by atoms with Gasteiger partial charge >= 0.3 is 12.3 Å². The highest BCUT2D eigenvalue weighted by atomic mass is 127. The molecule has 0 spiro atoms. The molecule has 1 aromatic rings. The van der Waals surface area contributed by atoms with Crippen LogP contribution in [-0.4, -0.2) is 23.9 Å². The third kappa shape index (κ3) is 4.84.